The average molecular weight is 253 g/mol. The molecule has 0 aliphatic heterocycles. The van der Waals surface area contributed by atoms with Crippen molar-refractivity contribution in [2.45, 2.75) is 0 Å². The van der Waals surface area contributed by atoms with Crippen molar-refractivity contribution in [3.05, 3.63) is 18.7 Å². The van der Waals surface area contributed by atoms with Crippen molar-refractivity contribution >= 4 is 0 Å². The van der Waals surface area contributed by atoms with E-state index >= 15 is 0 Å². The molecule has 0 atom stereocenters. The van der Waals surface area contributed by atoms with Crippen LogP contribution in [0.15, 0.2) is 18.7 Å². The molecule has 1 aromatic heterocycles. The van der Waals surface area contributed by atoms with Crippen molar-refractivity contribution in [1.29, 1.82) is 0 Å². The van der Waals surface area contributed by atoms with E-state index in [0.29, 0.717) is 0 Å². The van der Waals surface area contributed by atoms with Gasteiger partial charge in [0, 0.05) is 0 Å². The van der Waals surface area contributed by atoms with E-state index in [1.807, 2.05) is 9.40 Å². The number of nitrogens with zero attached hydrogens (tertiary/aromatic N) is 2. The van der Waals surface area contributed by atoms with Crippen LogP contribution in [-0.2, 0) is 19.4 Å². The monoisotopic (exact) mass is 254 g/mol. The first kappa shape index (κ1) is 4.04. The molecule has 0 saturated heterocycles. The van der Waals surface area contributed by atoms with Crippen molar-refractivity contribution in [2.24, 2.45) is 0 Å². The minimum absolute atomic E-state index is 1.58. The zero-order valence-electron chi connectivity index (χ0n) is 3.00. The van der Waals surface area contributed by atoms with E-state index in [2.05, 4.69) is 4.98 Å². The Balaban J connectivity index is 3.05. The molecule has 0 saturated carbocycles. The molecule has 1 rings (SSSR count). The Morgan fingerprint density at radius 2 is 2.50 bits per heavy atom. The molecule has 1 heterocycles. The standard InChI is InChI=1S/C3H3N2.Re/c1-2-5-3-4-1;/h1-3H;/q-1;+1. The molecule has 1 aromatic rings. The molecule has 6 heavy (non-hydrogen) atoms. The summed E-state index contributed by atoms with van der Waals surface area (Å²) in [7, 11) is 0. The first-order chi connectivity index (χ1) is 2.89. The van der Waals surface area contributed by atoms with Gasteiger partial charge in [0.1, 0.15) is 0 Å². The molecule has 0 fully saturated rings. The fraction of sp³-hybridized carbons (Fsp3) is 0. The summed E-state index contributed by atoms with van der Waals surface area (Å²) >= 11 is 1.58. The summed E-state index contributed by atoms with van der Waals surface area (Å²) in [5.74, 6) is 0. The van der Waals surface area contributed by atoms with Gasteiger partial charge in [0.15, 0.2) is 0 Å². The number of aromatic nitrogens is 2. The van der Waals surface area contributed by atoms with Crippen LogP contribution >= 0.6 is 0 Å². The Morgan fingerprint density at radius 1 is 1.67 bits per heavy atom. The van der Waals surface area contributed by atoms with Gasteiger partial charge < -0.3 is 0 Å². The molecule has 3 heteroatoms. The zero-order valence-corrected chi connectivity index (χ0v) is 5.72. The van der Waals surface area contributed by atoms with Crippen molar-refractivity contribution < 1.29 is 19.4 Å². The van der Waals surface area contributed by atoms with Crippen molar-refractivity contribution in [2.75, 3.05) is 0 Å². The molecule has 0 aliphatic carbocycles. The van der Waals surface area contributed by atoms with Crippen molar-refractivity contribution in [3.63, 3.8) is 0 Å². The van der Waals surface area contributed by atoms with Gasteiger partial charge in [-0.1, -0.05) is 0 Å². The normalized spacial score (nSPS) is 8.83. The summed E-state index contributed by atoms with van der Waals surface area (Å²) in [6.45, 7) is 0. The second kappa shape index (κ2) is 1.55. The fourth-order valence-electron chi connectivity index (χ4n) is 0.243. The van der Waals surface area contributed by atoms with Gasteiger partial charge in [-0.25, -0.2) is 0 Å². The molecule has 0 aliphatic rings. The average Bonchev–Trinajstić information content (AvgIpc) is 1.86. The first-order valence-electron chi connectivity index (χ1n) is 1.54. The quantitative estimate of drug-likeness (QED) is 0.645. The minimum atomic E-state index is 1.58. The fourth-order valence-corrected chi connectivity index (χ4v) is 0.605. The SMILES string of the molecule is [Re][n]1ccnc1. The van der Waals surface area contributed by atoms with Crippen molar-refractivity contribution in [1.82, 2.24) is 8.18 Å². The van der Waals surface area contributed by atoms with E-state index in [0.717, 1.165) is 0 Å². The van der Waals surface area contributed by atoms with Gasteiger partial charge in [-0.05, 0) is 0 Å². The van der Waals surface area contributed by atoms with Gasteiger partial charge in [-0.15, -0.1) is 0 Å². The molecule has 0 spiro atoms. The maximum absolute atomic E-state index is 3.80. The van der Waals surface area contributed by atoms with Crippen LogP contribution in [0.2, 0.25) is 0 Å². The second-order valence-electron chi connectivity index (χ2n) is 0.907. The van der Waals surface area contributed by atoms with Gasteiger partial charge in [-0.3, -0.25) is 0 Å². The first-order valence-corrected chi connectivity index (χ1v) is 2.75. The van der Waals surface area contributed by atoms with Gasteiger partial charge in [0.05, 0.1) is 0 Å². The molecule has 0 N–H and O–H groups in total. The van der Waals surface area contributed by atoms with Crippen LogP contribution in [0.3, 0.4) is 0 Å². The van der Waals surface area contributed by atoms with Crippen LogP contribution in [0.5, 0.6) is 0 Å². The summed E-state index contributed by atoms with van der Waals surface area (Å²) in [6, 6.07) is 0. The molecule has 0 aromatic carbocycles. The van der Waals surface area contributed by atoms with E-state index in [-0.39, 0.29) is 0 Å². The van der Waals surface area contributed by atoms with Crippen LogP contribution in [-0.4, -0.2) is 8.18 Å². The third kappa shape index (κ3) is 0.676. The van der Waals surface area contributed by atoms with E-state index in [4.69, 9.17) is 0 Å². The zero-order chi connectivity index (χ0) is 4.41. The van der Waals surface area contributed by atoms with Crippen molar-refractivity contribution in [3.8, 4) is 0 Å². The van der Waals surface area contributed by atoms with E-state index < -0.39 is 0 Å². The predicted molar refractivity (Wildman–Crippen MR) is 17.6 cm³/mol. The van der Waals surface area contributed by atoms with Crippen LogP contribution in [0.4, 0.5) is 0 Å². The third-order valence-electron chi connectivity index (χ3n) is 0.472. The second-order valence-corrected chi connectivity index (χ2v) is 2.31. The van der Waals surface area contributed by atoms with Gasteiger partial charge in [0.25, 0.3) is 0 Å². The Morgan fingerprint density at radius 3 is 2.67 bits per heavy atom. The molecule has 0 amide bonds. The Labute approximate surface area is 46.9 Å². The molecule has 0 radical (unpaired) electrons. The van der Waals surface area contributed by atoms with Crippen LogP contribution < -0.4 is 0 Å². The van der Waals surface area contributed by atoms with Gasteiger partial charge in [0.2, 0.25) is 0 Å². The molecule has 0 unspecified atom stereocenters. The molecule has 2 nitrogen and oxygen atoms in total. The Hall–Kier alpha value is -0.128. The van der Waals surface area contributed by atoms with E-state index in [9.17, 15) is 0 Å². The molecule has 32 valence electrons. The summed E-state index contributed by atoms with van der Waals surface area (Å²) in [4.78, 5) is 3.80. The van der Waals surface area contributed by atoms with E-state index in [1.165, 1.54) is 0 Å². The Bertz CT molecular complexity index is 112. The Kier molecular flexibility index (Phi) is 1.04. The van der Waals surface area contributed by atoms with Crippen LogP contribution in [0.1, 0.15) is 0 Å². The summed E-state index contributed by atoms with van der Waals surface area (Å²) < 4.78 is 1.94. The predicted octanol–water partition coefficient (Wildman–Crippen LogP) is 0.193. The van der Waals surface area contributed by atoms with Gasteiger partial charge >= 0.3 is 46.4 Å². The van der Waals surface area contributed by atoms with Crippen LogP contribution in [0, 0.1) is 0 Å². The van der Waals surface area contributed by atoms with E-state index in [1.54, 1.807) is 32.0 Å². The number of rotatable bonds is 0. The van der Waals surface area contributed by atoms with Crippen LogP contribution in [0.25, 0.3) is 0 Å². The number of hydrogen-bond donors (Lipinski definition) is 0. The third-order valence-corrected chi connectivity index (χ3v) is 1.19. The molecular weight excluding hydrogens is 250 g/mol. The topological polar surface area (TPSA) is 17.8 Å². The molecule has 0 bridgehead atoms. The molecular formula is C3H3N2Re. The number of imidazole rings is 1. The summed E-state index contributed by atoms with van der Waals surface area (Å²) in [5.41, 5.74) is 0. The maximum atomic E-state index is 3.80. The summed E-state index contributed by atoms with van der Waals surface area (Å²) in [5, 5.41) is 0. The number of hydrogen-bond acceptors (Lipinski definition) is 1. The summed E-state index contributed by atoms with van der Waals surface area (Å²) in [6.07, 6.45) is 5.45. The van der Waals surface area contributed by atoms with Gasteiger partial charge in [-0.2, -0.15) is 0 Å².